The minimum Gasteiger partial charge on any atom is -0.329 e. The Kier molecular flexibility index (Phi) is 3.97. The normalized spacial score (nSPS) is 27.8. The first-order chi connectivity index (χ1) is 8.66. The average molecular weight is 247 g/mol. The van der Waals surface area contributed by atoms with Crippen molar-refractivity contribution in [3.05, 3.63) is 24.4 Å². The van der Waals surface area contributed by atoms with Crippen LogP contribution in [0.1, 0.15) is 32.6 Å². The standard InChI is InChI=1S/C14H21N3O/c1-11-5-7-14(10-15,8-6-11)13(18)17-12-4-2-3-9-16-12/h2-4,9,11H,5-8,10,15H2,1H3,(H,16,17,18). The number of hydrogen-bond donors (Lipinski definition) is 2. The summed E-state index contributed by atoms with van der Waals surface area (Å²) in [4.78, 5) is 16.5. The smallest absolute Gasteiger partial charge is 0.233 e. The lowest BCUT2D eigenvalue weighted by atomic mass is 9.70. The molecule has 18 heavy (non-hydrogen) atoms. The highest BCUT2D eigenvalue weighted by Crippen LogP contribution is 2.38. The third-order valence-corrected chi connectivity index (χ3v) is 4.01. The van der Waals surface area contributed by atoms with Gasteiger partial charge in [-0.25, -0.2) is 4.98 Å². The maximum atomic E-state index is 12.4. The number of amides is 1. The first-order valence-electron chi connectivity index (χ1n) is 6.59. The lowest BCUT2D eigenvalue weighted by Gasteiger charge is -2.36. The molecule has 1 amide bonds. The molecule has 1 saturated carbocycles. The van der Waals surface area contributed by atoms with Crippen molar-refractivity contribution in [3.8, 4) is 0 Å². The Morgan fingerprint density at radius 3 is 2.78 bits per heavy atom. The summed E-state index contributed by atoms with van der Waals surface area (Å²) in [7, 11) is 0. The van der Waals surface area contributed by atoms with E-state index < -0.39 is 5.41 Å². The Bertz CT molecular complexity index is 397. The fraction of sp³-hybridized carbons (Fsp3) is 0.571. The van der Waals surface area contributed by atoms with Gasteiger partial charge in [-0.05, 0) is 43.7 Å². The second-order valence-electron chi connectivity index (χ2n) is 5.34. The summed E-state index contributed by atoms with van der Waals surface area (Å²) in [5.74, 6) is 1.33. The van der Waals surface area contributed by atoms with Crippen LogP contribution in [0.15, 0.2) is 24.4 Å². The van der Waals surface area contributed by atoms with Crippen LogP contribution in [0.4, 0.5) is 5.82 Å². The van der Waals surface area contributed by atoms with Crippen LogP contribution in [0.5, 0.6) is 0 Å². The molecule has 0 unspecified atom stereocenters. The Morgan fingerprint density at radius 2 is 2.22 bits per heavy atom. The van der Waals surface area contributed by atoms with Crippen molar-refractivity contribution >= 4 is 11.7 Å². The van der Waals surface area contributed by atoms with E-state index in [9.17, 15) is 4.79 Å². The first-order valence-corrected chi connectivity index (χ1v) is 6.59. The number of carbonyl (C=O) groups is 1. The molecular formula is C14H21N3O. The topological polar surface area (TPSA) is 68.0 Å². The molecule has 0 spiro atoms. The summed E-state index contributed by atoms with van der Waals surface area (Å²) in [6.45, 7) is 2.65. The van der Waals surface area contributed by atoms with E-state index in [-0.39, 0.29) is 5.91 Å². The van der Waals surface area contributed by atoms with Crippen molar-refractivity contribution in [2.75, 3.05) is 11.9 Å². The molecule has 4 nitrogen and oxygen atoms in total. The number of aromatic nitrogens is 1. The Labute approximate surface area is 108 Å². The van der Waals surface area contributed by atoms with Crippen LogP contribution < -0.4 is 11.1 Å². The number of anilines is 1. The van der Waals surface area contributed by atoms with E-state index in [1.165, 1.54) is 0 Å². The number of hydrogen-bond acceptors (Lipinski definition) is 3. The summed E-state index contributed by atoms with van der Waals surface area (Å²) >= 11 is 0. The van der Waals surface area contributed by atoms with Crippen molar-refractivity contribution in [3.63, 3.8) is 0 Å². The Hall–Kier alpha value is -1.42. The van der Waals surface area contributed by atoms with Gasteiger partial charge in [0, 0.05) is 12.7 Å². The van der Waals surface area contributed by atoms with Crippen molar-refractivity contribution < 1.29 is 4.79 Å². The van der Waals surface area contributed by atoms with Crippen LogP contribution in [0.25, 0.3) is 0 Å². The lowest BCUT2D eigenvalue weighted by molar-refractivity contribution is -0.127. The van der Waals surface area contributed by atoms with Gasteiger partial charge in [-0.3, -0.25) is 4.79 Å². The molecule has 1 aromatic heterocycles. The molecule has 1 fully saturated rings. The number of carbonyl (C=O) groups excluding carboxylic acids is 1. The maximum absolute atomic E-state index is 12.4. The van der Waals surface area contributed by atoms with Gasteiger partial charge in [0.05, 0.1) is 5.41 Å². The molecule has 1 aromatic rings. The van der Waals surface area contributed by atoms with Gasteiger partial charge in [0.15, 0.2) is 0 Å². The summed E-state index contributed by atoms with van der Waals surface area (Å²) in [6.07, 6.45) is 5.58. The predicted octanol–water partition coefficient (Wildman–Crippen LogP) is 2.18. The van der Waals surface area contributed by atoms with E-state index >= 15 is 0 Å². The fourth-order valence-corrected chi connectivity index (χ4v) is 2.52. The van der Waals surface area contributed by atoms with Gasteiger partial charge in [-0.15, -0.1) is 0 Å². The van der Waals surface area contributed by atoms with Crippen LogP contribution in [-0.4, -0.2) is 17.4 Å². The predicted molar refractivity (Wildman–Crippen MR) is 72.0 cm³/mol. The van der Waals surface area contributed by atoms with E-state index in [2.05, 4.69) is 17.2 Å². The molecule has 1 aliphatic rings. The quantitative estimate of drug-likeness (QED) is 0.860. The SMILES string of the molecule is CC1CCC(CN)(C(=O)Nc2ccccn2)CC1. The molecule has 98 valence electrons. The van der Waals surface area contributed by atoms with Crippen molar-refractivity contribution in [1.29, 1.82) is 0 Å². The van der Waals surface area contributed by atoms with Crippen molar-refractivity contribution in [1.82, 2.24) is 4.98 Å². The summed E-state index contributed by atoms with van der Waals surface area (Å²) in [5, 5.41) is 2.89. The van der Waals surface area contributed by atoms with Crippen molar-refractivity contribution in [2.45, 2.75) is 32.6 Å². The molecule has 1 aliphatic carbocycles. The van der Waals surface area contributed by atoms with Crippen LogP contribution in [0.3, 0.4) is 0 Å². The summed E-state index contributed by atoms with van der Waals surface area (Å²) < 4.78 is 0. The molecular weight excluding hydrogens is 226 g/mol. The van der Waals surface area contributed by atoms with Gasteiger partial charge >= 0.3 is 0 Å². The van der Waals surface area contributed by atoms with Gasteiger partial charge < -0.3 is 11.1 Å². The van der Waals surface area contributed by atoms with E-state index in [0.717, 1.165) is 25.7 Å². The second-order valence-corrected chi connectivity index (χ2v) is 5.34. The third-order valence-electron chi connectivity index (χ3n) is 4.01. The first kappa shape index (κ1) is 13.0. The summed E-state index contributed by atoms with van der Waals surface area (Å²) in [6, 6.07) is 5.49. The molecule has 0 saturated heterocycles. The van der Waals surface area contributed by atoms with Gasteiger partial charge in [-0.1, -0.05) is 13.0 Å². The zero-order valence-corrected chi connectivity index (χ0v) is 10.9. The maximum Gasteiger partial charge on any atom is 0.233 e. The zero-order chi connectivity index (χ0) is 13.0. The molecule has 3 N–H and O–H groups in total. The van der Waals surface area contributed by atoms with Gasteiger partial charge in [-0.2, -0.15) is 0 Å². The molecule has 0 bridgehead atoms. The van der Waals surface area contributed by atoms with Crippen molar-refractivity contribution in [2.24, 2.45) is 17.1 Å². The van der Waals surface area contributed by atoms with E-state index in [1.54, 1.807) is 12.3 Å². The highest BCUT2D eigenvalue weighted by molar-refractivity contribution is 5.94. The Balaban J connectivity index is 2.06. The van der Waals surface area contributed by atoms with Crippen LogP contribution in [0, 0.1) is 11.3 Å². The number of nitrogens with one attached hydrogen (secondary N) is 1. The van der Waals surface area contributed by atoms with Crippen LogP contribution in [0.2, 0.25) is 0 Å². The molecule has 0 atom stereocenters. The molecule has 2 rings (SSSR count). The molecule has 0 radical (unpaired) electrons. The van der Waals surface area contributed by atoms with Crippen LogP contribution >= 0.6 is 0 Å². The van der Waals surface area contributed by atoms with E-state index in [4.69, 9.17) is 5.73 Å². The van der Waals surface area contributed by atoms with Gasteiger partial charge in [0.25, 0.3) is 0 Å². The average Bonchev–Trinajstić information content (AvgIpc) is 2.41. The second kappa shape index (κ2) is 5.48. The molecule has 1 heterocycles. The lowest BCUT2D eigenvalue weighted by Crippen LogP contribution is -2.44. The number of nitrogens with two attached hydrogens (primary N) is 1. The Morgan fingerprint density at radius 1 is 1.50 bits per heavy atom. The van der Waals surface area contributed by atoms with Gasteiger partial charge in [0.1, 0.15) is 5.82 Å². The van der Waals surface area contributed by atoms with Gasteiger partial charge in [0.2, 0.25) is 5.91 Å². The number of rotatable bonds is 3. The summed E-state index contributed by atoms with van der Waals surface area (Å²) in [5.41, 5.74) is 5.46. The van der Waals surface area contributed by atoms with E-state index in [1.807, 2.05) is 12.1 Å². The molecule has 0 aromatic carbocycles. The zero-order valence-electron chi connectivity index (χ0n) is 10.9. The van der Waals surface area contributed by atoms with E-state index in [0.29, 0.717) is 18.3 Å². The largest absolute Gasteiger partial charge is 0.329 e. The van der Waals surface area contributed by atoms with Crippen LogP contribution in [-0.2, 0) is 4.79 Å². The fourth-order valence-electron chi connectivity index (χ4n) is 2.52. The minimum atomic E-state index is -0.399. The molecule has 4 heteroatoms. The number of pyridine rings is 1. The number of nitrogens with zero attached hydrogens (tertiary/aromatic N) is 1. The minimum absolute atomic E-state index is 0.0237. The highest BCUT2D eigenvalue weighted by atomic mass is 16.2. The highest BCUT2D eigenvalue weighted by Gasteiger charge is 2.39. The third kappa shape index (κ3) is 2.70. The monoisotopic (exact) mass is 247 g/mol. The molecule has 0 aliphatic heterocycles.